The van der Waals surface area contributed by atoms with Crippen LogP contribution in [0.15, 0.2) is 30.3 Å². The van der Waals surface area contributed by atoms with Crippen molar-refractivity contribution in [3.05, 3.63) is 35.9 Å². The van der Waals surface area contributed by atoms with E-state index in [1.807, 2.05) is 58.0 Å². The number of carbonyl (C=O) groups is 8. The highest BCUT2D eigenvalue weighted by atomic mass is 16.2. The van der Waals surface area contributed by atoms with Gasteiger partial charge in [-0.1, -0.05) is 96.6 Å². The fraction of sp³-hybridized carbons (Fsp3) is 0.696. The van der Waals surface area contributed by atoms with Crippen LogP contribution in [-0.4, -0.2) is 95.8 Å². The molecule has 0 spiro atoms. The number of benzene rings is 1. The summed E-state index contributed by atoms with van der Waals surface area (Å²) in [6.07, 6.45) is 8.83. The molecular weight excluding hydrogens is 821 g/mol. The zero-order valence-corrected chi connectivity index (χ0v) is 39.2. The van der Waals surface area contributed by atoms with Gasteiger partial charge in [-0.3, -0.25) is 28.8 Å². The van der Waals surface area contributed by atoms with Crippen LogP contribution in [-0.2, 0) is 44.8 Å². The predicted octanol–water partition coefficient (Wildman–Crippen LogP) is 1.60. The number of rotatable bonds is 36. The van der Waals surface area contributed by atoms with Gasteiger partial charge in [-0.2, -0.15) is 0 Å². The molecule has 1 aromatic rings. The van der Waals surface area contributed by atoms with Crippen LogP contribution in [0.25, 0.3) is 0 Å². The molecule has 18 heteroatoms. The van der Waals surface area contributed by atoms with Gasteiger partial charge in [0.2, 0.25) is 35.4 Å². The second kappa shape index (κ2) is 30.4. The molecule has 18 nitrogen and oxygen atoms in total. The first kappa shape index (κ1) is 57.2. The molecule has 6 amide bonds. The Labute approximate surface area is 380 Å². The van der Waals surface area contributed by atoms with E-state index in [4.69, 9.17) is 22.9 Å². The average Bonchev–Trinajstić information content (AvgIpc) is 3.23. The van der Waals surface area contributed by atoms with Crippen LogP contribution in [0.4, 0.5) is 0 Å². The summed E-state index contributed by atoms with van der Waals surface area (Å²) in [5.41, 5.74) is 26.6. The molecular formula is C46H80N10O8. The van der Waals surface area contributed by atoms with Gasteiger partial charge in [0.05, 0.1) is 17.6 Å². The zero-order chi connectivity index (χ0) is 48.3. The van der Waals surface area contributed by atoms with Crippen LogP contribution >= 0.6 is 0 Å². The first-order chi connectivity index (χ1) is 30.2. The molecule has 1 rings (SSSR count). The van der Waals surface area contributed by atoms with Crippen LogP contribution in [0.1, 0.15) is 143 Å². The Balaban J connectivity index is 3.16. The van der Waals surface area contributed by atoms with Gasteiger partial charge >= 0.3 is 0 Å². The molecule has 0 aliphatic rings. The lowest BCUT2D eigenvalue weighted by Gasteiger charge is -2.33. The summed E-state index contributed by atoms with van der Waals surface area (Å²) in [5.74, 6) is -3.21. The molecule has 0 saturated heterocycles. The fourth-order valence-corrected chi connectivity index (χ4v) is 7.19. The largest absolute Gasteiger partial charge is 0.370 e. The summed E-state index contributed by atoms with van der Waals surface area (Å²) in [5, 5.41) is 11.2. The molecule has 64 heavy (non-hydrogen) atoms. The number of amides is 6. The lowest BCUT2D eigenvalue weighted by atomic mass is 9.90. The molecule has 0 aliphatic carbocycles. The number of unbranched alkanes of at least 4 members (excludes halogenated alkanes) is 6. The maximum Gasteiger partial charge on any atom is 0.246 e. The zero-order valence-electron chi connectivity index (χ0n) is 39.2. The van der Waals surface area contributed by atoms with Gasteiger partial charge in [0, 0.05) is 12.8 Å². The number of hydrazine groups is 1. The van der Waals surface area contributed by atoms with E-state index in [0.717, 1.165) is 31.1 Å². The van der Waals surface area contributed by atoms with E-state index in [0.29, 0.717) is 70.6 Å². The Morgan fingerprint density at radius 3 is 1.78 bits per heavy atom. The van der Waals surface area contributed by atoms with Crippen molar-refractivity contribution < 1.29 is 38.4 Å². The smallest absolute Gasteiger partial charge is 0.246 e. The molecule has 0 heterocycles. The van der Waals surface area contributed by atoms with Gasteiger partial charge < -0.3 is 53.8 Å². The topological polar surface area (TPSA) is 313 Å². The Hall–Kier alpha value is -4.78. The summed E-state index contributed by atoms with van der Waals surface area (Å²) >= 11 is 0. The van der Waals surface area contributed by atoms with Crippen molar-refractivity contribution in [2.75, 3.05) is 6.54 Å². The summed E-state index contributed by atoms with van der Waals surface area (Å²) < 4.78 is 0. The molecule has 0 bridgehead atoms. The van der Waals surface area contributed by atoms with E-state index in [9.17, 15) is 38.4 Å². The Kier molecular flexibility index (Phi) is 27.2. The van der Waals surface area contributed by atoms with Gasteiger partial charge in [0.15, 0.2) is 0 Å². The first-order valence-corrected chi connectivity index (χ1v) is 22.9. The quantitative estimate of drug-likeness (QED) is 0.0261. The SMILES string of the molecule is CC(C)C[C@@H](C=O)NN[C@@H](CC(C)C)C(=O)N[C@@H](Cc1ccccc1)C(=O)N[C@@](C)(CCCCCCCC[C@](C)(N)C(=O)N[C@@H](CCC(N)=O)C(N)=O)C(=O)N[C@H](C=O)CCCCN. The highest BCUT2D eigenvalue weighted by molar-refractivity contribution is 5.96. The van der Waals surface area contributed by atoms with Crippen molar-refractivity contribution in [3.8, 4) is 0 Å². The van der Waals surface area contributed by atoms with Crippen molar-refractivity contribution in [2.45, 2.75) is 186 Å². The Morgan fingerprint density at radius 2 is 1.23 bits per heavy atom. The van der Waals surface area contributed by atoms with E-state index in [-0.39, 0.29) is 37.5 Å². The Morgan fingerprint density at radius 1 is 0.641 bits per heavy atom. The monoisotopic (exact) mass is 901 g/mol. The average molecular weight is 901 g/mol. The first-order valence-electron chi connectivity index (χ1n) is 22.9. The van der Waals surface area contributed by atoms with Gasteiger partial charge in [-0.05, 0) is 89.2 Å². The predicted molar refractivity (Wildman–Crippen MR) is 247 cm³/mol. The number of nitrogens with one attached hydrogen (secondary N) is 6. The molecule has 0 saturated carbocycles. The molecule has 362 valence electrons. The summed E-state index contributed by atoms with van der Waals surface area (Å²) in [6, 6.07) is 4.94. The molecule has 0 radical (unpaired) electrons. The molecule has 7 atom stereocenters. The number of carbonyl (C=O) groups excluding carboxylic acids is 8. The van der Waals surface area contributed by atoms with Gasteiger partial charge in [0.1, 0.15) is 36.2 Å². The third-order valence-corrected chi connectivity index (χ3v) is 11.1. The maximum atomic E-state index is 14.4. The van der Waals surface area contributed by atoms with Crippen molar-refractivity contribution in [1.29, 1.82) is 0 Å². The highest BCUT2D eigenvalue weighted by Gasteiger charge is 2.38. The lowest BCUT2D eigenvalue weighted by Crippen LogP contribution is -2.63. The normalized spacial score (nSPS) is 15.7. The van der Waals surface area contributed by atoms with Crippen molar-refractivity contribution >= 4 is 48.0 Å². The third-order valence-electron chi connectivity index (χ3n) is 11.1. The minimum atomic E-state index is -1.47. The minimum Gasteiger partial charge on any atom is -0.370 e. The molecule has 14 N–H and O–H groups in total. The van der Waals surface area contributed by atoms with Crippen molar-refractivity contribution in [3.63, 3.8) is 0 Å². The summed E-state index contributed by atoms with van der Waals surface area (Å²) in [7, 11) is 0. The van der Waals surface area contributed by atoms with Crippen molar-refractivity contribution in [2.24, 2.45) is 34.8 Å². The number of hydrogen-bond acceptors (Lipinski definition) is 12. The fourth-order valence-electron chi connectivity index (χ4n) is 7.19. The molecule has 0 unspecified atom stereocenters. The number of hydrogen-bond donors (Lipinski definition) is 10. The number of primary amides is 2. The third kappa shape index (κ3) is 23.2. The van der Waals surface area contributed by atoms with Crippen LogP contribution in [0.2, 0.25) is 0 Å². The van der Waals surface area contributed by atoms with Crippen LogP contribution < -0.4 is 55.1 Å². The van der Waals surface area contributed by atoms with E-state index in [1.165, 1.54) is 0 Å². The molecule has 0 aliphatic heterocycles. The molecule has 0 aromatic heterocycles. The number of aldehydes is 2. The Bertz CT molecular complexity index is 1610. The van der Waals surface area contributed by atoms with E-state index < -0.39 is 76.7 Å². The second-order valence-electron chi connectivity index (χ2n) is 18.4. The lowest BCUT2D eigenvalue weighted by molar-refractivity contribution is -0.136. The van der Waals surface area contributed by atoms with Crippen molar-refractivity contribution in [1.82, 2.24) is 32.1 Å². The van der Waals surface area contributed by atoms with Crippen LogP contribution in [0, 0.1) is 11.8 Å². The van der Waals surface area contributed by atoms with Gasteiger partial charge in [0.25, 0.3) is 0 Å². The minimum absolute atomic E-state index is 0.0218. The van der Waals surface area contributed by atoms with Crippen LogP contribution in [0.5, 0.6) is 0 Å². The molecule has 1 aromatic carbocycles. The summed E-state index contributed by atoms with van der Waals surface area (Å²) in [4.78, 5) is 102. The summed E-state index contributed by atoms with van der Waals surface area (Å²) in [6.45, 7) is 11.5. The van der Waals surface area contributed by atoms with E-state index in [1.54, 1.807) is 13.8 Å². The van der Waals surface area contributed by atoms with E-state index in [2.05, 4.69) is 32.1 Å². The highest BCUT2D eigenvalue weighted by Crippen LogP contribution is 2.20. The second-order valence-corrected chi connectivity index (χ2v) is 18.4. The molecule has 0 fully saturated rings. The van der Waals surface area contributed by atoms with Gasteiger partial charge in [-0.25, -0.2) is 10.9 Å². The van der Waals surface area contributed by atoms with Gasteiger partial charge in [-0.15, -0.1) is 0 Å². The number of nitrogens with two attached hydrogens (primary N) is 4. The van der Waals surface area contributed by atoms with Crippen LogP contribution in [0.3, 0.4) is 0 Å². The van der Waals surface area contributed by atoms with E-state index >= 15 is 0 Å². The standard InChI is InChI=1S/C46H80N10O8/c1-31(2)26-35(30-58)55-56-38(27-32(3)4)41(61)52-37(28-33-18-12-11-13-19-33)42(62)54-46(6,44(64)51-34(29-57)20-14-17-25-47)24-16-10-8-7-9-15-23-45(5,50)43(63)53-36(40(49)60)21-22-39(48)59/h11-13,18-19,29-32,34-38,55-56H,7-10,14-17,20-28,47,50H2,1-6H3,(H2,48,59)(H2,49,60)(H,51,64)(H,52,61)(H,53,63)(H,54,62)/t34-,35-,36-,37-,38-,45-,46-/m0/s1. The maximum absolute atomic E-state index is 14.4.